The highest BCUT2D eigenvalue weighted by Crippen LogP contribution is 2.44. The Hall–Kier alpha value is -0.643. The summed E-state index contributed by atoms with van der Waals surface area (Å²) in [6.07, 6.45) is 1.55. The zero-order valence-electron chi connectivity index (χ0n) is 12.7. The maximum Gasteiger partial charge on any atom is 0.192 e. The lowest BCUT2D eigenvalue weighted by molar-refractivity contribution is 0.0961. The number of hydrogen-bond acceptors (Lipinski definition) is 2. The molecule has 3 heteroatoms. The summed E-state index contributed by atoms with van der Waals surface area (Å²) in [4.78, 5) is 0. The largest absolute Gasteiger partial charge is 0.410 e. The summed E-state index contributed by atoms with van der Waals surface area (Å²) in [7, 11) is -1.76. The highest BCUT2D eigenvalue weighted by atomic mass is 28.4. The molecule has 1 aromatic rings. The van der Waals surface area contributed by atoms with Gasteiger partial charge in [0, 0.05) is 0 Å². The second-order valence-electron chi connectivity index (χ2n) is 7.09. The molecule has 1 N–H and O–H groups in total. The van der Waals surface area contributed by atoms with Gasteiger partial charge in [-0.25, -0.2) is 0 Å². The fourth-order valence-electron chi connectivity index (χ4n) is 2.38. The topological polar surface area (TPSA) is 29.5 Å². The normalized spacial score (nSPS) is 24.1. The van der Waals surface area contributed by atoms with Gasteiger partial charge in [0.25, 0.3) is 0 Å². The third-order valence-corrected chi connectivity index (χ3v) is 9.13. The van der Waals surface area contributed by atoms with Crippen LogP contribution < -0.4 is 0 Å². The third kappa shape index (κ3) is 2.93. The molecule has 19 heavy (non-hydrogen) atoms. The molecule has 1 aliphatic carbocycles. The van der Waals surface area contributed by atoms with E-state index in [1.54, 1.807) is 0 Å². The summed E-state index contributed by atoms with van der Waals surface area (Å²) in [6, 6.07) is 8.17. The standard InChI is InChI=1S/C16H26O2Si/c1-16(2,3)19(4,5)18-15-11-10-14(17)12-8-6-7-9-13(12)15/h6-9,14-15,17H,10-11H2,1-5H3/t14-,15+/m1/s1. The highest BCUT2D eigenvalue weighted by Gasteiger charge is 2.40. The van der Waals surface area contributed by atoms with E-state index < -0.39 is 8.32 Å². The molecule has 0 saturated carbocycles. The monoisotopic (exact) mass is 278 g/mol. The second kappa shape index (κ2) is 5.04. The van der Waals surface area contributed by atoms with Crippen LogP contribution in [0.1, 0.15) is 56.9 Å². The Morgan fingerprint density at radius 1 is 1.11 bits per heavy atom. The molecule has 0 radical (unpaired) electrons. The van der Waals surface area contributed by atoms with Crippen LogP contribution in [0.25, 0.3) is 0 Å². The summed E-state index contributed by atoms with van der Waals surface area (Å²) in [5, 5.41) is 10.3. The van der Waals surface area contributed by atoms with Crippen LogP contribution in [0.5, 0.6) is 0 Å². The Bertz CT molecular complexity index is 448. The quantitative estimate of drug-likeness (QED) is 0.803. The minimum Gasteiger partial charge on any atom is -0.410 e. The zero-order valence-corrected chi connectivity index (χ0v) is 13.7. The van der Waals surface area contributed by atoms with E-state index in [2.05, 4.69) is 39.9 Å². The molecule has 0 heterocycles. The van der Waals surface area contributed by atoms with Crippen molar-refractivity contribution in [2.45, 2.75) is 64.0 Å². The van der Waals surface area contributed by atoms with Gasteiger partial charge >= 0.3 is 0 Å². The molecule has 0 aliphatic heterocycles. The molecule has 2 atom stereocenters. The molecule has 106 valence electrons. The average molecular weight is 278 g/mol. The minimum absolute atomic E-state index is 0.153. The van der Waals surface area contributed by atoms with Gasteiger partial charge in [-0.05, 0) is 42.1 Å². The van der Waals surface area contributed by atoms with Crippen molar-refractivity contribution >= 4 is 8.32 Å². The van der Waals surface area contributed by atoms with Gasteiger partial charge in [-0.15, -0.1) is 0 Å². The summed E-state index contributed by atoms with van der Waals surface area (Å²) in [5.74, 6) is 0. The van der Waals surface area contributed by atoms with Gasteiger partial charge in [-0.2, -0.15) is 0 Å². The minimum atomic E-state index is -1.76. The first kappa shape index (κ1) is 14.8. The fourth-order valence-corrected chi connectivity index (χ4v) is 3.69. The Morgan fingerprint density at radius 2 is 1.68 bits per heavy atom. The van der Waals surface area contributed by atoms with E-state index in [1.807, 2.05) is 18.2 Å². The second-order valence-corrected chi connectivity index (χ2v) is 11.8. The summed E-state index contributed by atoms with van der Waals surface area (Å²) in [6.45, 7) is 11.4. The molecule has 1 aromatic carbocycles. The molecule has 2 rings (SSSR count). The van der Waals surface area contributed by atoms with E-state index in [4.69, 9.17) is 4.43 Å². The lowest BCUT2D eigenvalue weighted by atomic mass is 9.87. The Morgan fingerprint density at radius 3 is 2.26 bits per heavy atom. The van der Waals surface area contributed by atoms with E-state index in [0.717, 1.165) is 18.4 Å². The predicted molar refractivity (Wildman–Crippen MR) is 81.7 cm³/mol. The lowest BCUT2D eigenvalue weighted by Gasteiger charge is -2.41. The van der Waals surface area contributed by atoms with Gasteiger partial charge in [0.15, 0.2) is 8.32 Å². The summed E-state index contributed by atoms with van der Waals surface area (Å²) < 4.78 is 6.55. The van der Waals surface area contributed by atoms with Crippen molar-refractivity contribution in [2.75, 3.05) is 0 Å². The van der Waals surface area contributed by atoms with Crippen molar-refractivity contribution < 1.29 is 9.53 Å². The molecule has 2 nitrogen and oxygen atoms in total. The number of benzene rings is 1. The van der Waals surface area contributed by atoms with Crippen molar-refractivity contribution in [1.82, 2.24) is 0 Å². The first-order valence-corrected chi connectivity index (χ1v) is 10.1. The molecule has 0 saturated heterocycles. The summed E-state index contributed by atoms with van der Waals surface area (Å²) in [5.41, 5.74) is 2.24. The van der Waals surface area contributed by atoms with Crippen LogP contribution >= 0.6 is 0 Å². The van der Waals surface area contributed by atoms with E-state index >= 15 is 0 Å². The van der Waals surface area contributed by atoms with Crippen molar-refractivity contribution in [3.05, 3.63) is 35.4 Å². The number of hydrogen-bond donors (Lipinski definition) is 1. The van der Waals surface area contributed by atoms with Crippen LogP contribution in [-0.4, -0.2) is 13.4 Å². The number of rotatable bonds is 2. The van der Waals surface area contributed by atoms with Gasteiger partial charge in [0.2, 0.25) is 0 Å². The Balaban J connectivity index is 2.27. The van der Waals surface area contributed by atoms with Crippen LogP contribution in [0.15, 0.2) is 24.3 Å². The van der Waals surface area contributed by atoms with Crippen LogP contribution in [-0.2, 0) is 4.43 Å². The number of aliphatic hydroxyl groups is 1. The van der Waals surface area contributed by atoms with Crippen LogP contribution in [0, 0.1) is 0 Å². The van der Waals surface area contributed by atoms with Gasteiger partial charge in [0.05, 0.1) is 12.2 Å². The van der Waals surface area contributed by atoms with Crippen molar-refractivity contribution in [3.63, 3.8) is 0 Å². The van der Waals surface area contributed by atoms with Gasteiger partial charge in [-0.1, -0.05) is 45.0 Å². The zero-order chi connectivity index (χ0) is 14.3. The van der Waals surface area contributed by atoms with E-state index in [0.29, 0.717) is 0 Å². The Kier molecular flexibility index (Phi) is 3.91. The lowest BCUT2D eigenvalue weighted by Crippen LogP contribution is -2.42. The van der Waals surface area contributed by atoms with Gasteiger partial charge < -0.3 is 9.53 Å². The molecule has 1 aliphatic rings. The first-order valence-electron chi connectivity index (χ1n) is 7.17. The average Bonchev–Trinajstić information content (AvgIpc) is 2.32. The van der Waals surface area contributed by atoms with Crippen molar-refractivity contribution in [1.29, 1.82) is 0 Å². The van der Waals surface area contributed by atoms with E-state index in [-0.39, 0.29) is 17.2 Å². The van der Waals surface area contributed by atoms with Crippen LogP contribution in [0.2, 0.25) is 18.1 Å². The first-order chi connectivity index (χ1) is 8.72. The molecular weight excluding hydrogens is 252 g/mol. The van der Waals surface area contributed by atoms with Crippen molar-refractivity contribution in [3.8, 4) is 0 Å². The number of fused-ring (bicyclic) bond motifs is 1. The van der Waals surface area contributed by atoms with Crippen LogP contribution in [0.4, 0.5) is 0 Å². The third-order valence-electron chi connectivity index (χ3n) is 4.65. The molecule has 0 spiro atoms. The molecular formula is C16H26O2Si. The smallest absolute Gasteiger partial charge is 0.192 e. The fraction of sp³-hybridized carbons (Fsp3) is 0.625. The maximum absolute atomic E-state index is 10.1. The van der Waals surface area contributed by atoms with Crippen LogP contribution in [0.3, 0.4) is 0 Å². The maximum atomic E-state index is 10.1. The molecule has 0 fully saturated rings. The van der Waals surface area contributed by atoms with Crippen molar-refractivity contribution in [2.24, 2.45) is 0 Å². The predicted octanol–water partition coefficient (Wildman–Crippen LogP) is 4.58. The van der Waals surface area contributed by atoms with Gasteiger partial charge in [0.1, 0.15) is 0 Å². The van der Waals surface area contributed by atoms with E-state index in [1.165, 1.54) is 5.56 Å². The van der Waals surface area contributed by atoms with E-state index in [9.17, 15) is 5.11 Å². The Labute approximate surface area is 117 Å². The highest BCUT2D eigenvalue weighted by molar-refractivity contribution is 6.74. The van der Waals surface area contributed by atoms with Gasteiger partial charge in [-0.3, -0.25) is 0 Å². The molecule has 0 bridgehead atoms. The molecule has 0 amide bonds. The molecule has 0 unspecified atom stereocenters. The number of aliphatic hydroxyl groups excluding tert-OH is 1. The SMILES string of the molecule is CC(C)(C)[Si](C)(C)O[C@H]1CC[C@@H](O)c2ccccc21. The summed E-state index contributed by atoms with van der Waals surface area (Å²) >= 11 is 0. The molecule has 0 aromatic heterocycles.